The molecule has 0 atom stereocenters. The minimum atomic E-state index is -0.0613. The predicted molar refractivity (Wildman–Crippen MR) is 87.3 cm³/mol. The summed E-state index contributed by atoms with van der Waals surface area (Å²) < 4.78 is 10.4. The van der Waals surface area contributed by atoms with Crippen LogP contribution in [0.3, 0.4) is 0 Å². The van der Waals surface area contributed by atoms with Crippen LogP contribution in [-0.4, -0.2) is 31.7 Å². The molecule has 0 saturated heterocycles. The molecular weight excluding hydrogens is 294 g/mol. The number of rotatable bonds is 8. The number of pyridine rings is 1. The third-order valence-corrected chi connectivity index (χ3v) is 3.30. The van der Waals surface area contributed by atoms with Crippen LogP contribution in [0.15, 0.2) is 42.7 Å². The molecule has 0 fully saturated rings. The quantitative estimate of drug-likeness (QED) is 0.772. The second-order valence-electron chi connectivity index (χ2n) is 4.93. The molecule has 0 spiro atoms. The molecule has 1 heterocycles. The molecule has 6 heteroatoms. The van der Waals surface area contributed by atoms with Crippen LogP contribution in [-0.2, 0) is 17.9 Å². The Morgan fingerprint density at radius 2 is 1.74 bits per heavy atom. The molecule has 0 bridgehead atoms. The maximum absolute atomic E-state index is 11.8. The van der Waals surface area contributed by atoms with Crippen molar-refractivity contribution >= 4 is 5.91 Å². The van der Waals surface area contributed by atoms with E-state index in [1.54, 1.807) is 26.6 Å². The van der Waals surface area contributed by atoms with Crippen molar-refractivity contribution in [2.24, 2.45) is 0 Å². The van der Waals surface area contributed by atoms with Crippen LogP contribution in [0.25, 0.3) is 0 Å². The van der Waals surface area contributed by atoms with E-state index in [9.17, 15) is 4.79 Å². The molecule has 1 aromatic carbocycles. The highest BCUT2D eigenvalue weighted by atomic mass is 16.5. The van der Waals surface area contributed by atoms with Gasteiger partial charge in [-0.05, 0) is 35.4 Å². The SMILES string of the molecule is COc1ccc(CNC(=O)CNCc2ccncc2)cc1OC. The molecule has 1 amide bonds. The van der Waals surface area contributed by atoms with Crippen molar-refractivity contribution in [2.45, 2.75) is 13.1 Å². The van der Waals surface area contributed by atoms with Gasteiger partial charge in [0.1, 0.15) is 0 Å². The second-order valence-corrected chi connectivity index (χ2v) is 4.93. The summed E-state index contributed by atoms with van der Waals surface area (Å²) in [7, 11) is 3.18. The number of carbonyl (C=O) groups is 1. The summed E-state index contributed by atoms with van der Waals surface area (Å²) in [5.41, 5.74) is 2.04. The smallest absolute Gasteiger partial charge is 0.234 e. The fourth-order valence-electron chi connectivity index (χ4n) is 2.07. The highest BCUT2D eigenvalue weighted by Crippen LogP contribution is 2.27. The average molecular weight is 315 g/mol. The van der Waals surface area contributed by atoms with E-state index in [-0.39, 0.29) is 12.5 Å². The van der Waals surface area contributed by atoms with Gasteiger partial charge in [-0.1, -0.05) is 6.07 Å². The Morgan fingerprint density at radius 3 is 2.43 bits per heavy atom. The molecule has 2 aromatic rings. The Balaban J connectivity index is 1.76. The van der Waals surface area contributed by atoms with Crippen LogP contribution in [0.5, 0.6) is 11.5 Å². The number of nitrogens with one attached hydrogen (secondary N) is 2. The highest BCUT2D eigenvalue weighted by molar-refractivity contribution is 5.78. The summed E-state index contributed by atoms with van der Waals surface area (Å²) in [4.78, 5) is 15.8. The maximum atomic E-state index is 11.8. The number of benzene rings is 1. The molecule has 0 saturated carbocycles. The van der Waals surface area contributed by atoms with Gasteiger partial charge in [0.2, 0.25) is 5.91 Å². The summed E-state index contributed by atoms with van der Waals surface area (Å²) in [6, 6.07) is 9.39. The van der Waals surface area contributed by atoms with Crippen molar-refractivity contribution in [1.82, 2.24) is 15.6 Å². The molecule has 0 aliphatic rings. The summed E-state index contributed by atoms with van der Waals surface area (Å²) in [5, 5.41) is 5.96. The number of amides is 1. The van der Waals surface area contributed by atoms with E-state index in [1.807, 2.05) is 30.3 Å². The third kappa shape index (κ3) is 5.27. The van der Waals surface area contributed by atoms with E-state index in [2.05, 4.69) is 15.6 Å². The average Bonchev–Trinajstić information content (AvgIpc) is 2.60. The zero-order valence-electron chi connectivity index (χ0n) is 13.3. The van der Waals surface area contributed by atoms with Gasteiger partial charge >= 0.3 is 0 Å². The van der Waals surface area contributed by atoms with E-state index in [0.717, 1.165) is 11.1 Å². The molecule has 122 valence electrons. The Labute approximate surface area is 135 Å². The van der Waals surface area contributed by atoms with E-state index in [0.29, 0.717) is 24.6 Å². The summed E-state index contributed by atoms with van der Waals surface area (Å²) in [6.07, 6.45) is 3.46. The van der Waals surface area contributed by atoms with E-state index >= 15 is 0 Å². The van der Waals surface area contributed by atoms with Crippen molar-refractivity contribution in [1.29, 1.82) is 0 Å². The number of aromatic nitrogens is 1. The van der Waals surface area contributed by atoms with Gasteiger partial charge in [0.05, 0.1) is 20.8 Å². The van der Waals surface area contributed by atoms with Crippen molar-refractivity contribution in [3.05, 3.63) is 53.9 Å². The van der Waals surface area contributed by atoms with Gasteiger partial charge in [-0.2, -0.15) is 0 Å². The number of hydrogen-bond donors (Lipinski definition) is 2. The molecule has 2 N–H and O–H groups in total. The van der Waals surface area contributed by atoms with Gasteiger partial charge in [-0.25, -0.2) is 0 Å². The van der Waals surface area contributed by atoms with E-state index in [1.165, 1.54) is 0 Å². The molecular formula is C17H21N3O3. The van der Waals surface area contributed by atoms with Crippen LogP contribution in [0.2, 0.25) is 0 Å². The summed E-state index contributed by atoms with van der Waals surface area (Å²) in [6.45, 7) is 1.33. The standard InChI is InChI=1S/C17H21N3O3/c1-22-15-4-3-14(9-16(15)23-2)11-20-17(21)12-19-10-13-5-7-18-8-6-13/h3-9,19H,10-12H2,1-2H3,(H,20,21). The van der Waals surface area contributed by atoms with Crippen LogP contribution in [0.1, 0.15) is 11.1 Å². The molecule has 6 nitrogen and oxygen atoms in total. The van der Waals surface area contributed by atoms with Gasteiger partial charge < -0.3 is 20.1 Å². The number of carbonyl (C=O) groups excluding carboxylic acids is 1. The lowest BCUT2D eigenvalue weighted by atomic mass is 10.2. The van der Waals surface area contributed by atoms with Crippen molar-refractivity contribution < 1.29 is 14.3 Å². The fraction of sp³-hybridized carbons (Fsp3) is 0.294. The molecule has 0 radical (unpaired) electrons. The Bertz CT molecular complexity index is 632. The maximum Gasteiger partial charge on any atom is 0.234 e. The lowest BCUT2D eigenvalue weighted by molar-refractivity contribution is -0.120. The van der Waals surface area contributed by atoms with Crippen molar-refractivity contribution in [3.63, 3.8) is 0 Å². The van der Waals surface area contributed by atoms with Crippen molar-refractivity contribution in [3.8, 4) is 11.5 Å². The summed E-state index contributed by atoms with van der Waals surface area (Å²) >= 11 is 0. The van der Waals surface area contributed by atoms with E-state index in [4.69, 9.17) is 9.47 Å². The van der Waals surface area contributed by atoms with Gasteiger partial charge in [-0.15, -0.1) is 0 Å². The minimum Gasteiger partial charge on any atom is -0.493 e. The largest absolute Gasteiger partial charge is 0.493 e. The lowest BCUT2D eigenvalue weighted by Crippen LogP contribution is -2.33. The highest BCUT2D eigenvalue weighted by Gasteiger charge is 2.06. The molecule has 0 unspecified atom stereocenters. The Morgan fingerprint density at radius 1 is 1.00 bits per heavy atom. The first-order valence-electron chi connectivity index (χ1n) is 7.30. The zero-order valence-corrected chi connectivity index (χ0v) is 13.3. The first-order chi connectivity index (χ1) is 11.2. The van der Waals surface area contributed by atoms with Gasteiger partial charge in [-0.3, -0.25) is 9.78 Å². The molecule has 1 aromatic heterocycles. The Hall–Kier alpha value is -2.60. The van der Waals surface area contributed by atoms with Crippen LogP contribution in [0, 0.1) is 0 Å². The third-order valence-electron chi connectivity index (χ3n) is 3.30. The monoisotopic (exact) mass is 315 g/mol. The topological polar surface area (TPSA) is 72.5 Å². The molecule has 2 rings (SSSR count). The Kier molecular flexibility index (Phi) is 6.38. The van der Waals surface area contributed by atoms with Crippen LogP contribution < -0.4 is 20.1 Å². The zero-order chi connectivity index (χ0) is 16.5. The van der Waals surface area contributed by atoms with Gasteiger partial charge in [0, 0.05) is 25.5 Å². The number of methoxy groups -OCH3 is 2. The summed E-state index contributed by atoms with van der Waals surface area (Å²) in [5.74, 6) is 1.26. The normalized spacial score (nSPS) is 10.2. The second kappa shape index (κ2) is 8.75. The number of nitrogens with zero attached hydrogens (tertiary/aromatic N) is 1. The minimum absolute atomic E-state index is 0.0613. The predicted octanol–water partition coefficient (Wildman–Crippen LogP) is 1.50. The molecule has 0 aliphatic heterocycles. The van der Waals surface area contributed by atoms with Crippen LogP contribution in [0.4, 0.5) is 0 Å². The molecule has 23 heavy (non-hydrogen) atoms. The molecule has 0 aliphatic carbocycles. The number of ether oxygens (including phenoxy) is 2. The van der Waals surface area contributed by atoms with Crippen molar-refractivity contribution in [2.75, 3.05) is 20.8 Å². The first kappa shape index (κ1) is 16.8. The van der Waals surface area contributed by atoms with Gasteiger partial charge in [0.25, 0.3) is 0 Å². The first-order valence-corrected chi connectivity index (χ1v) is 7.30. The van der Waals surface area contributed by atoms with Gasteiger partial charge in [0.15, 0.2) is 11.5 Å². The lowest BCUT2D eigenvalue weighted by Gasteiger charge is -2.10. The van der Waals surface area contributed by atoms with E-state index < -0.39 is 0 Å². The number of hydrogen-bond acceptors (Lipinski definition) is 5. The van der Waals surface area contributed by atoms with Crippen LogP contribution >= 0.6 is 0 Å². The fourth-order valence-corrected chi connectivity index (χ4v) is 2.07.